The normalized spacial score (nSPS) is 14.8. The van der Waals surface area contributed by atoms with Gasteiger partial charge in [-0.3, -0.25) is 4.79 Å². The van der Waals surface area contributed by atoms with Gasteiger partial charge in [0, 0.05) is 25.2 Å². The van der Waals surface area contributed by atoms with E-state index in [9.17, 15) is 4.79 Å². The molecule has 108 valence electrons. The molecule has 0 aliphatic carbocycles. The van der Waals surface area contributed by atoms with E-state index in [0.717, 1.165) is 43.6 Å². The first-order valence-corrected chi connectivity index (χ1v) is 7.48. The molecular formula is C17H24N2O. The molecule has 2 rings (SSSR count). The Bertz CT molecular complexity index is 482. The summed E-state index contributed by atoms with van der Waals surface area (Å²) in [6.45, 7) is 8.63. The summed E-state index contributed by atoms with van der Waals surface area (Å²) in [5, 5.41) is 3.34. The second kappa shape index (κ2) is 7.25. The topological polar surface area (TPSA) is 32.3 Å². The van der Waals surface area contributed by atoms with E-state index in [1.54, 1.807) is 0 Å². The first-order chi connectivity index (χ1) is 9.72. The van der Waals surface area contributed by atoms with Gasteiger partial charge in [-0.15, -0.1) is 0 Å². The molecule has 3 heteroatoms. The summed E-state index contributed by atoms with van der Waals surface area (Å²) in [5.41, 5.74) is 3.39. The average Bonchev–Trinajstić information content (AvgIpc) is 2.60. The minimum atomic E-state index is 0.214. The van der Waals surface area contributed by atoms with Gasteiger partial charge < -0.3 is 10.2 Å². The molecule has 3 nitrogen and oxygen atoms in total. The van der Waals surface area contributed by atoms with Crippen LogP contribution in [-0.2, 0) is 11.2 Å². The van der Waals surface area contributed by atoms with Crippen LogP contribution < -0.4 is 10.2 Å². The van der Waals surface area contributed by atoms with Crippen molar-refractivity contribution in [2.45, 2.75) is 32.6 Å². The zero-order chi connectivity index (χ0) is 14.4. The third-order valence-corrected chi connectivity index (χ3v) is 3.60. The molecule has 20 heavy (non-hydrogen) atoms. The molecule has 0 radical (unpaired) electrons. The van der Waals surface area contributed by atoms with Crippen LogP contribution in [0.2, 0.25) is 0 Å². The largest absolute Gasteiger partial charge is 0.313 e. The summed E-state index contributed by atoms with van der Waals surface area (Å²) in [4.78, 5) is 14.2. The van der Waals surface area contributed by atoms with Crippen LogP contribution in [0.1, 0.15) is 31.7 Å². The number of amides is 1. The first kappa shape index (κ1) is 14.8. The lowest BCUT2D eigenvalue weighted by molar-refractivity contribution is -0.118. The van der Waals surface area contributed by atoms with Gasteiger partial charge in [0.1, 0.15) is 0 Å². The molecule has 0 atom stereocenters. The number of nitrogens with one attached hydrogen (secondary N) is 1. The van der Waals surface area contributed by atoms with Gasteiger partial charge in [-0.05, 0) is 43.0 Å². The highest BCUT2D eigenvalue weighted by molar-refractivity contribution is 5.95. The Morgan fingerprint density at radius 3 is 2.95 bits per heavy atom. The summed E-state index contributed by atoms with van der Waals surface area (Å²) in [7, 11) is 0. The van der Waals surface area contributed by atoms with E-state index in [1.165, 1.54) is 5.56 Å². The fraction of sp³-hybridized carbons (Fsp3) is 0.471. The number of rotatable bonds is 6. The quantitative estimate of drug-likeness (QED) is 0.638. The second-order valence-corrected chi connectivity index (χ2v) is 5.39. The molecule has 0 saturated heterocycles. The van der Waals surface area contributed by atoms with Gasteiger partial charge in [-0.25, -0.2) is 0 Å². The van der Waals surface area contributed by atoms with Crippen molar-refractivity contribution in [2.24, 2.45) is 0 Å². The maximum absolute atomic E-state index is 12.3. The molecular weight excluding hydrogens is 248 g/mol. The predicted molar refractivity (Wildman–Crippen MR) is 84.0 cm³/mol. The number of carbonyl (C=O) groups is 1. The standard InChI is InChI=1S/C17H24N2O/c1-3-11-18-12-14(2)13-19-16-9-5-4-7-15(16)8-6-10-17(19)20/h4-5,7,9,18H,2-3,6,8,10-13H2,1H3. The highest BCUT2D eigenvalue weighted by Gasteiger charge is 2.21. The van der Waals surface area contributed by atoms with Crippen molar-refractivity contribution in [3.63, 3.8) is 0 Å². The van der Waals surface area contributed by atoms with Gasteiger partial charge in [-0.1, -0.05) is 31.7 Å². The molecule has 0 saturated carbocycles. The van der Waals surface area contributed by atoms with E-state index >= 15 is 0 Å². The number of aryl methyl sites for hydroxylation is 1. The van der Waals surface area contributed by atoms with E-state index in [-0.39, 0.29) is 5.91 Å². The monoisotopic (exact) mass is 272 g/mol. The number of carbonyl (C=O) groups excluding carboxylic acids is 1. The van der Waals surface area contributed by atoms with Gasteiger partial charge in [0.05, 0.1) is 0 Å². The van der Waals surface area contributed by atoms with Crippen molar-refractivity contribution in [1.82, 2.24) is 5.32 Å². The number of hydrogen-bond acceptors (Lipinski definition) is 2. The molecule has 1 aromatic rings. The Morgan fingerprint density at radius 1 is 1.35 bits per heavy atom. The highest BCUT2D eigenvalue weighted by Crippen LogP contribution is 2.27. The van der Waals surface area contributed by atoms with Crippen LogP contribution >= 0.6 is 0 Å². The number of hydrogen-bond donors (Lipinski definition) is 1. The highest BCUT2D eigenvalue weighted by atomic mass is 16.2. The first-order valence-electron chi connectivity index (χ1n) is 7.48. The molecule has 1 aromatic carbocycles. The Hall–Kier alpha value is -1.61. The number of para-hydroxylation sites is 1. The summed E-state index contributed by atoms with van der Waals surface area (Å²) in [6, 6.07) is 8.22. The average molecular weight is 272 g/mol. The minimum absolute atomic E-state index is 0.214. The van der Waals surface area contributed by atoms with E-state index in [1.807, 2.05) is 23.1 Å². The zero-order valence-corrected chi connectivity index (χ0v) is 12.3. The summed E-state index contributed by atoms with van der Waals surface area (Å²) < 4.78 is 0. The van der Waals surface area contributed by atoms with Crippen molar-refractivity contribution in [1.29, 1.82) is 0 Å². The van der Waals surface area contributed by atoms with Crippen molar-refractivity contribution < 1.29 is 4.79 Å². The van der Waals surface area contributed by atoms with Crippen LogP contribution in [0.5, 0.6) is 0 Å². The van der Waals surface area contributed by atoms with Crippen LogP contribution in [0.3, 0.4) is 0 Å². The Kier molecular flexibility index (Phi) is 5.36. The Balaban J connectivity index is 2.08. The van der Waals surface area contributed by atoms with E-state index < -0.39 is 0 Å². The Labute approximate surface area is 121 Å². The van der Waals surface area contributed by atoms with Crippen molar-refractivity contribution in [3.05, 3.63) is 42.0 Å². The molecule has 0 aromatic heterocycles. The zero-order valence-electron chi connectivity index (χ0n) is 12.3. The lowest BCUT2D eigenvalue weighted by Crippen LogP contribution is -2.34. The molecule has 0 unspecified atom stereocenters. The van der Waals surface area contributed by atoms with Crippen LogP contribution in [0, 0.1) is 0 Å². The predicted octanol–water partition coefficient (Wildman–Crippen LogP) is 2.91. The van der Waals surface area contributed by atoms with E-state index in [4.69, 9.17) is 0 Å². The molecule has 0 spiro atoms. The van der Waals surface area contributed by atoms with Gasteiger partial charge >= 0.3 is 0 Å². The van der Waals surface area contributed by atoms with Gasteiger partial charge in [0.25, 0.3) is 0 Å². The summed E-state index contributed by atoms with van der Waals surface area (Å²) >= 11 is 0. The Morgan fingerprint density at radius 2 is 2.15 bits per heavy atom. The molecule has 1 amide bonds. The molecule has 1 N–H and O–H groups in total. The fourth-order valence-electron chi connectivity index (χ4n) is 2.58. The van der Waals surface area contributed by atoms with E-state index in [2.05, 4.69) is 24.9 Å². The maximum atomic E-state index is 12.3. The molecule has 0 fully saturated rings. The lowest BCUT2D eigenvalue weighted by atomic mass is 10.1. The van der Waals surface area contributed by atoms with Crippen molar-refractivity contribution in [2.75, 3.05) is 24.5 Å². The maximum Gasteiger partial charge on any atom is 0.227 e. The molecule has 1 aliphatic heterocycles. The van der Waals surface area contributed by atoms with Crippen molar-refractivity contribution in [3.8, 4) is 0 Å². The van der Waals surface area contributed by atoms with Gasteiger partial charge in [0.15, 0.2) is 0 Å². The number of benzene rings is 1. The second-order valence-electron chi connectivity index (χ2n) is 5.39. The molecule has 0 bridgehead atoms. The SMILES string of the molecule is C=C(CNCCC)CN1C(=O)CCCc2ccccc21. The molecule has 1 aliphatic rings. The number of nitrogens with zero attached hydrogens (tertiary/aromatic N) is 1. The van der Waals surface area contributed by atoms with Crippen LogP contribution in [0.25, 0.3) is 0 Å². The third kappa shape index (κ3) is 3.70. The van der Waals surface area contributed by atoms with Crippen LogP contribution in [0.15, 0.2) is 36.4 Å². The van der Waals surface area contributed by atoms with Gasteiger partial charge in [0.2, 0.25) is 5.91 Å². The minimum Gasteiger partial charge on any atom is -0.313 e. The summed E-state index contributed by atoms with van der Waals surface area (Å²) in [5.74, 6) is 0.214. The smallest absolute Gasteiger partial charge is 0.227 e. The van der Waals surface area contributed by atoms with Gasteiger partial charge in [-0.2, -0.15) is 0 Å². The number of fused-ring (bicyclic) bond motifs is 1. The number of anilines is 1. The van der Waals surface area contributed by atoms with E-state index in [0.29, 0.717) is 13.0 Å². The third-order valence-electron chi connectivity index (χ3n) is 3.60. The van der Waals surface area contributed by atoms with Crippen molar-refractivity contribution >= 4 is 11.6 Å². The van der Waals surface area contributed by atoms with Crippen LogP contribution in [-0.4, -0.2) is 25.5 Å². The fourth-order valence-corrected chi connectivity index (χ4v) is 2.58. The molecule has 1 heterocycles. The lowest BCUT2D eigenvalue weighted by Gasteiger charge is -2.24. The summed E-state index contributed by atoms with van der Waals surface area (Å²) in [6.07, 6.45) is 3.66. The van der Waals surface area contributed by atoms with Crippen LogP contribution in [0.4, 0.5) is 5.69 Å².